The average molecular weight is 267 g/mol. The predicted molar refractivity (Wildman–Crippen MR) is 58.5 cm³/mol. The molecule has 0 aromatic heterocycles. The molecule has 0 radical (unpaired) electrons. The van der Waals surface area contributed by atoms with Gasteiger partial charge in [-0.15, -0.1) is 11.6 Å². The van der Waals surface area contributed by atoms with Crippen molar-refractivity contribution in [3.63, 3.8) is 0 Å². The van der Waals surface area contributed by atoms with Crippen molar-refractivity contribution in [2.24, 2.45) is 0 Å². The Bertz CT molecular complexity index is 291. The molecule has 7 heteroatoms. The summed E-state index contributed by atoms with van der Waals surface area (Å²) in [5, 5.41) is 8.24. The fourth-order valence-corrected chi connectivity index (χ4v) is 1.41. The van der Waals surface area contributed by atoms with E-state index in [0.29, 0.717) is 6.29 Å². The highest BCUT2D eigenvalue weighted by atomic mass is 35.5. The van der Waals surface area contributed by atoms with Crippen LogP contribution in [0.4, 0.5) is 0 Å². The minimum absolute atomic E-state index is 0.341. The molecule has 0 aliphatic heterocycles. The van der Waals surface area contributed by atoms with Crippen molar-refractivity contribution in [3.8, 4) is 0 Å². The van der Waals surface area contributed by atoms with Crippen LogP contribution in [0.15, 0.2) is 0 Å². The third-order valence-corrected chi connectivity index (χ3v) is 2.20. The van der Waals surface area contributed by atoms with Crippen LogP contribution in [0.5, 0.6) is 0 Å². The lowest BCUT2D eigenvalue weighted by Crippen LogP contribution is -2.47. The fraction of sp³-hybridized carbons (Fsp3) is 0.700. The van der Waals surface area contributed by atoms with Gasteiger partial charge < -0.3 is 19.4 Å². The summed E-state index contributed by atoms with van der Waals surface area (Å²) in [7, 11) is 0. The summed E-state index contributed by atoms with van der Waals surface area (Å²) in [4.78, 5) is 32.3. The number of aliphatic hydroxyl groups is 1. The standard InChI is InChI=1S/C10H15ClO6/c1-5(13)9(16-6(2)14)10(8(11)4-12)17-7(3)15/h4-5,8-10,13H,1-3H3/t5-,8+,9+,10-/m0/s1. The molecule has 6 nitrogen and oxygen atoms in total. The quantitative estimate of drug-likeness (QED) is 0.415. The third kappa shape index (κ3) is 5.65. The lowest BCUT2D eigenvalue weighted by atomic mass is 10.1. The Labute approximate surface area is 104 Å². The van der Waals surface area contributed by atoms with Crippen molar-refractivity contribution in [1.82, 2.24) is 0 Å². The molecule has 0 unspecified atom stereocenters. The van der Waals surface area contributed by atoms with Crippen molar-refractivity contribution in [1.29, 1.82) is 0 Å². The van der Waals surface area contributed by atoms with Gasteiger partial charge in [-0.3, -0.25) is 9.59 Å². The van der Waals surface area contributed by atoms with Crippen LogP contribution < -0.4 is 0 Å². The average Bonchev–Trinajstić information content (AvgIpc) is 2.21. The Morgan fingerprint density at radius 2 is 1.59 bits per heavy atom. The Balaban J connectivity index is 4.98. The van der Waals surface area contributed by atoms with E-state index in [2.05, 4.69) is 0 Å². The van der Waals surface area contributed by atoms with E-state index in [1.807, 2.05) is 0 Å². The summed E-state index contributed by atoms with van der Waals surface area (Å²) in [6, 6.07) is 0. The number of esters is 2. The Hall–Kier alpha value is -1.14. The van der Waals surface area contributed by atoms with Crippen LogP contribution >= 0.6 is 11.6 Å². The van der Waals surface area contributed by atoms with E-state index in [0.717, 1.165) is 13.8 Å². The normalized spacial score (nSPS) is 17.5. The van der Waals surface area contributed by atoms with Crippen molar-refractivity contribution >= 4 is 29.8 Å². The highest BCUT2D eigenvalue weighted by molar-refractivity contribution is 6.28. The number of hydrogen-bond acceptors (Lipinski definition) is 6. The first-order chi connectivity index (χ1) is 7.79. The maximum absolute atomic E-state index is 10.9. The lowest BCUT2D eigenvalue weighted by Gasteiger charge is -2.29. The number of carbonyl (C=O) groups is 3. The van der Waals surface area contributed by atoms with Crippen LogP contribution in [0.2, 0.25) is 0 Å². The van der Waals surface area contributed by atoms with Gasteiger partial charge in [-0.2, -0.15) is 0 Å². The molecule has 0 amide bonds. The molecule has 0 spiro atoms. The number of alkyl halides is 1. The molecule has 0 aliphatic rings. The number of ether oxygens (including phenoxy) is 2. The fourth-order valence-electron chi connectivity index (χ4n) is 1.21. The zero-order valence-electron chi connectivity index (χ0n) is 9.75. The summed E-state index contributed by atoms with van der Waals surface area (Å²) >= 11 is 5.65. The largest absolute Gasteiger partial charge is 0.456 e. The first kappa shape index (κ1) is 15.9. The zero-order chi connectivity index (χ0) is 13.6. The van der Waals surface area contributed by atoms with Crippen LogP contribution in [0, 0.1) is 0 Å². The van der Waals surface area contributed by atoms with E-state index in [1.54, 1.807) is 0 Å². The summed E-state index contributed by atoms with van der Waals surface area (Å²) in [6.07, 6.45) is -3.21. The van der Waals surface area contributed by atoms with Crippen LogP contribution in [-0.4, -0.2) is 47.0 Å². The molecule has 0 fully saturated rings. The molecule has 0 aromatic rings. The molecule has 17 heavy (non-hydrogen) atoms. The van der Waals surface area contributed by atoms with Crippen LogP contribution in [0.25, 0.3) is 0 Å². The number of aliphatic hydroxyl groups excluding tert-OH is 1. The van der Waals surface area contributed by atoms with Gasteiger partial charge in [0, 0.05) is 13.8 Å². The number of halogens is 1. The maximum Gasteiger partial charge on any atom is 0.303 e. The Morgan fingerprint density at radius 3 is 1.88 bits per heavy atom. The molecule has 0 aromatic carbocycles. The Morgan fingerprint density at radius 1 is 1.18 bits per heavy atom. The van der Waals surface area contributed by atoms with E-state index in [1.165, 1.54) is 6.92 Å². The van der Waals surface area contributed by atoms with E-state index in [4.69, 9.17) is 21.1 Å². The first-order valence-corrected chi connectivity index (χ1v) is 5.35. The smallest absolute Gasteiger partial charge is 0.303 e. The van der Waals surface area contributed by atoms with E-state index in [9.17, 15) is 19.5 Å². The predicted octanol–water partition coefficient (Wildman–Crippen LogP) is 0.0369. The third-order valence-electron chi connectivity index (χ3n) is 1.85. The van der Waals surface area contributed by atoms with Crippen molar-refractivity contribution in [2.45, 2.75) is 44.5 Å². The summed E-state index contributed by atoms with van der Waals surface area (Å²) < 4.78 is 9.58. The highest BCUT2D eigenvalue weighted by Gasteiger charge is 2.36. The SMILES string of the molecule is CC(=O)O[C@H]([C@H](OC(C)=O)[C@H](C)O)[C@H](Cl)C=O. The second-order valence-electron chi connectivity index (χ2n) is 3.47. The van der Waals surface area contributed by atoms with Gasteiger partial charge in [0.1, 0.15) is 11.7 Å². The minimum atomic E-state index is -1.23. The number of rotatable bonds is 6. The molecule has 0 saturated heterocycles. The number of hydrogen-bond donors (Lipinski definition) is 1. The molecule has 1 N–H and O–H groups in total. The molecule has 4 atom stereocenters. The van der Waals surface area contributed by atoms with E-state index in [-0.39, 0.29) is 0 Å². The van der Waals surface area contributed by atoms with Gasteiger partial charge in [0.05, 0.1) is 6.10 Å². The van der Waals surface area contributed by atoms with E-state index < -0.39 is 35.6 Å². The number of aldehydes is 1. The molecular formula is C10H15ClO6. The maximum atomic E-state index is 10.9. The monoisotopic (exact) mass is 266 g/mol. The highest BCUT2D eigenvalue weighted by Crippen LogP contribution is 2.16. The van der Waals surface area contributed by atoms with Crippen LogP contribution in [-0.2, 0) is 23.9 Å². The van der Waals surface area contributed by atoms with Crippen molar-refractivity contribution < 1.29 is 29.0 Å². The summed E-state index contributed by atoms with van der Waals surface area (Å²) in [6.45, 7) is 3.58. The number of carbonyl (C=O) groups excluding carboxylic acids is 3. The zero-order valence-corrected chi connectivity index (χ0v) is 10.5. The van der Waals surface area contributed by atoms with Gasteiger partial charge in [-0.1, -0.05) is 0 Å². The molecule has 0 heterocycles. The second kappa shape index (κ2) is 7.24. The summed E-state index contributed by atoms with van der Waals surface area (Å²) in [5.74, 6) is -1.37. The molecule has 0 bridgehead atoms. The van der Waals surface area contributed by atoms with Gasteiger partial charge in [0.15, 0.2) is 12.2 Å². The van der Waals surface area contributed by atoms with Crippen LogP contribution in [0.1, 0.15) is 20.8 Å². The molecular weight excluding hydrogens is 252 g/mol. The van der Waals surface area contributed by atoms with Crippen molar-refractivity contribution in [2.75, 3.05) is 0 Å². The molecule has 0 aliphatic carbocycles. The van der Waals surface area contributed by atoms with E-state index >= 15 is 0 Å². The van der Waals surface area contributed by atoms with Crippen molar-refractivity contribution in [3.05, 3.63) is 0 Å². The lowest BCUT2D eigenvalue weighted by molar-refractivity contribution is -0.173. The molecule has 0 saturated carbocycles. The molecule has 98 valence electrons. The second-order valence-corrected chi connectivity index (χ2v) is 3.97. The van der Waals surface area contributed by atoms with Crippen LogP contribution in [0.3, 0.4) is 0 Å². The van der Waals surface area contributed by atoms with Gasteiger partial charge >= 0.3 is 11.9 Å². The van der Waals surface area contributed by atoms with Gasteiger partial charge in [0.2, 0.25) is 0 Å². The molecule has 0 rings (SSSR count). The van der Waals surface area contributed by atoms with Gasteiger partial charge in [-0.05, 0) is 6.92 Å². The van der Waals surface area contributed by atoms with Gasteiger partial charge in [-0.25, -0.2) is 0 Å². The first-order valence-electron chi connectivity index (χ1n) is 4.91. The topological polar surface area (TPSA) is 89.9 Å². The summed E-state index contributed by atoms with van der Waals surface area (Å²) in [5.41, 5.74) is 0. The van der Waals surface area contributed by atoms with Gasteiger partial charge in [0.25, 0.3) is 0 Å². The minimum Gasteiger partial charge on any atom is -0.456 e. The Kier molecular flexibility index (Phi) is 6.75.